The number of nitrogens with one attached hydrogen (secondary N) is 1. The molecular formula is C13H18N4O2S. The van der Waals surface area contributed by atoms with Gasteiger partial charge in [-0.2, -0.15) is 5.26 Å². The Hall–Kier alpha value is -1.78. The van der Waals surface area contributed by atoms with E-state index in [1.165, 1.54) is 10.6 Å². The molecule has 7 heteroatoms. The van der Waals surface area contributed by atoms with E-state index >= 15 is 0 Å². The van der Waals surface area contributed by atoms with Gasteiger partial charge in [0.25, 0.3) is 0 Å². The van der Waals surface area contributed by atoms with E-state index in [0.29, 0.717) is 24.3 Å². The van der Waals surface area contributed by atoms with Gasteiger partial charge in [-0.3, -0.25) is 0 Å². The number of sulfonamides is 1. The van der Waals surface area contributed by atoms with Gasteiger partial charge in [-0.25, -0.2) is 12.7 Å². The van der Waals surface area contributed by atoms with Crippen LogP contribution in [0.2, 0.25) is 0 Å². The van der Waals surface area contributed by atoms with Crippen LogP contribution in [-0.4, -0.2) is 38.1 Å². The van der Waals surface area contributed by atoms with E-state index in [-0.39, 0.29) is 6.04 Å². The molecule has 0 aliphatic carbocycles. The molecule has 20 heavy (non-hydrogen) atoms. The Morgan fingerprint density at radius 1 is 1.40 bits per heavy atom. The molecule has 0 spiro atoms. The average molecular weight is 294 g/mol. The highest BCUT2D eigenvalue weighted by atomic mass is 32.2. The van der Waals surface area contributed by atoms with Gasteiger partial charge in [-0.05, 0) is 25.0 Å². The largest absolute Gasteiger partial charge is 0.396 e. The molecule has 108 valence electrons. The summed E-state index contributed by atoms with van der Waals surface area (Å²) in [6.45, 7) is 1.02. The minimum absolute atomic E-state index is 0.171. The Kier molecular flexibility index (Phi) is 4.16. The third kappa shape index (κ3) is 3.21. The van der Waals surface area contributed by atoms with Crippen LogP contribution < -0.4 is 11.1 Å². The molecule has 3 N–H and O–H groups in total. The van der Waals surface area contributed by atoms with Crippen LogP contribution in [-0.2, 0) is 10.0 Å². The molecule has 0 saturated carbocycles. The molecule has 0 bridgehead atoms. The van der Waals surface area contributed by atoms with Crippen LogP contribution in [0.15, 0.2) is 18.2 Å². The van der Waals surface area contributed by atoms with E-state index in [1.54, 1.807) is 12.1 Å². The molecule has 0 amide bonds. The highest BCUT2D eigenvalue weighted by Gasteiger charge is 2.25. The third-order valence-corrected chi connectivity index (χ3v) is 4.81. The summed E-state index contributed by atoms with van der Waals surface area (Å²) in [5.41, 5.74) is 7.55. The molecule has 6 nitrogen and oxygen atoms in total. The van der Waals surface area contributed by atoms with Crippen LogP contribution in [0.25, 0.3) is 0 Å². The molecule has 0 atom stereocenters. The monoisotopic (exact) mass is 294 g/mol. The van der Waals surface area contributed by atoms with Gasteiger partial charge in [0.1, 0.15) is 6.07 Å². The van der Waals surface area contributed by atoms with E-state index in [2.05, 4.69) is 5.32 Å². The molecular weight excluding hydrogens is 276 g/mol. The Morgan fingerprint density at radius 2 is 2.05 bits per heavy atom. The van der Waals surface area contributed by atoms with Gasteiger partial charge in [-0.15, -0.1) is 0 Å². The number of nitrogens with two attached hydrogens (primary N) is 1. The fourth-order valence-corrected chi connectivity index (χ4v) is 3.21. The lowest BCUT2D eigenvalue weighted by Crippen LogP contribution is -2.41. The number of nitrogens with zero attached hydrogens (tertiary/aromatic N) is 2. The van der Waals surface area contributed by atoms with Crippen LogP contribution in [0.3, 0.4) is 0 Å². The summed E-state index contributed by atoms with van der Waals surface area (Å²) in [5.74, 6) is 0. The van der Waals surface area contributed by atoms with Crippen molar-refractivity contribution in [2.24, 2.45) is 0 Å². The van der Waals surface area contributed by atoms with Crippen LogP contribution in [0.1, 0.15) is 18.4 Å². The first-order chi connectivity index (χ1) is 9.41. The minimum atomic E-state index is -3.10. The molecule has 1 aromatic carbocycles. The number of nitriles is 1. The van der Waals surface area contributed by atoms with Crippen molar-refractivity contribution >= 4 is 21.4 Å². The van der Waals surface area contributed by atoms with E-state index in [1.807, 2.05) is 12.1 Å². The fraction of sp³-hybridized carbons (Fsp3) is 0.462. The van der Waals surface area contributed by atoms with Gasteiger partial charge < -0.3 is 11.1 Å². The molecule has 0 radical (unpaired) electrons. The summed E-state index contributed by atoms with van der Waals surface area (Å²) in [7, 11) is -3.10. The highest BCUT2D eigenvalue weighted by Crippen LogP contribution is 2.25. The minimum Gasteiger partial charge on any atom is -0.396 e. The van der Waals surface area contributed by atoms with Crippen molar-refractivity contribution in [2.75, 3.05) is 30.4 Å². The quantitative estimate of drug-likeness (QED) is 0.809. The van der Waals surface area contributed by atoms with E-state index in [4.69, 9.17) is 11.0 Å². The molecule has 1 heterocycles. The zero-order valence-corrected chi connectivity index (χ0v) is 12.2. The molecule has 1 aliphatic heterocycles. The lowest BCUT2D eigenvalue weighted by Gasteiger charge is -2.31. The number of hydrogen-bond donors (Lipinski definition) is 2. The number of piperidine rings is 1. The molecule has 1 aliphatic rings. The van der Waals surface area contributed by atoms with Crippen molar-refractivity contribution in [3.05, 3.63) is 23.8 Å². The van der Waals surface area contributed by atoms with E-state index in [9.17, 15) is 8.42 Å². The Morgan fingerprint density at radius 3 is 2.60 bits per heavy atom. The molecule has 1 fully saturated rings. The molecule has 1 aromatic rings. The molecule has 1 saturated heterocycles. The summed E-state index contributed by atoms with van der Waals surface area (Å²) < 4.78 is 24.4. The van der Waals surface area contributed by atoms with Crippen molar-refractivity contribution in [1.29, 1.82) is 5.26 Å². The summed E-state index contributed by atoms with van der Waals surface area (Å²) in [6, 6.07) is 7.50. The van der Waals surface area contributed by atoms with Gasteiger partial charge in [0.05, 0.1) is 23.2 Å². The van der Waals surface area contributed by atoms with Gasteiger partial charge in [0.2, 0.25) is 10.0 Å². The molecule has 2 rings (SSSR count). The predicted octanol–water partition coefficient (Wildman–Crippen LogP) is 0.976. The number of rotatable bonds is 3. The summed E-state index contributed by atoms with van der Waals surface area (Å²) in [6.07, 6.45) is 2.68. The highest BCUT2D eigenvalue weighted by molar-refractivity contribution is 7.88. The maximum atomic E-state index is 11.4. The predicted molar refractivity (Wildman–Crippen MR) is 78.6 cm³/mol. The standard InChI is InChI=1S/C13H18N4O2S/c1-20(18,19)17-7-5-11(6-8-17)16-12-4-2-3-10(9-14)13(12)15/h2-4,11,16H,5-8,15H2,1H3. The van der Waals surface area contributed by atoms with Crippen molar-refractivity contribution in [3.8, 4) is 6.07 Å². The number of nitrogen functional groups attached to an aromatic ring is 1. The SMILES string of the molecule is CS(=O)(=O)N1CCC(Nc2cccc(C#N)c2N)CC1. The third-order valence-electron chi connectivity index (χ3n) is 3.51. The van der Waals surface area contributed by atoms with Gasteiger partial charge in [0.15, 0.2) is 0 Å². The van der Waals surface area contributed by atoms with Crippen molar-refractivity contribution in [1.82, 2.24) is 4.31 Å². The van der Waals surface area contributed by atoms with Crippen molar-refractivity contribution < 1.29 is 8.42 Å². The van der Waals surface area contributed by atoms with Gasteiger partial charge in [-0.1, -0.05) is 6.07 Å². The first-order valence-corrected chi connectivity index (χ1v) is 8.27. The van der Waals surface area contributed by atoms with E-state index in [0.717, 1.165) is 18.5 Å². The maximum absolute atomic E-state index is 11.4. The Labute approximate surface area is 119 Å². The topological polar surface area (TPSA) is 99.2 Å². The van der Waals surface area contributed by atoms with Gasteiger partial charge in [0, 0.05) is 19.1 Å². The fourth-order valence-electron chi connectivity index (χ4n) is 2.34. The van der Waals surface area contributed by atoms with Crippen molar-refractivity contribution in [2.45, 2.75) is 18.9 Å². The summed E-state index contributed by atoms with van der Waals surface area (Å²) in [4.78, 5) is 0. The summed E-state index contributed by atoms with van der Waals surface area (Å²) >= 11 is 0. The van der Waals surface area contributed by atoms with Crippen LogP contribution in [0.4, 0.5) is 11.4 Å². The van der Waals surface area contributed by atoms with Crippen LogP contribution >= 0.6 is 0 Å². The number of anilines is 2. The smallest absolute Gasteiger partial charge is 0.211 e. The normalized spacial score (nSPS) is 17.6. The molecule has 0 unspecified atom stereocenters. The zero-order valence-electron chi connectivity index (χ0n) is 11.3. The number of para-hydroxylation sites is 1. The van der Waals surface area contributed by atoms with Crippen LogP contribution in [0.5, 0.6) is 0 Å². The van der Waals surface area contributed by atoms with E-state index < -0.39 is 10.0 Å². The second kappa shape index (κ2) is 5.69. The van der Waals surface area contributed by atoms with Crippen molar-refractivity contribution in [3.63, 3.8) is 0 Å². The number of benzene rings is 1. The average Bonchev–Trinajstić information content (AvgIpc) is 2.41. The Bertz CT molecular complexity index is 628. The Balaban J connectivity index is 2.02. The summed E-state index contributed by atoms with van der Waals surface area (Å²) in [5, 5.41) is 12.2. The zero-order chi connectivity index (χ0) is 14.8. The van der Waals surface area contributed by atoms with Crippen LogP contribution in [0, 0.1) is 11.3 Å². The lowest BCUT2D eigenvalue weighted by molar-refractivity contribution is 0.332. The first-order valence-electron chi connectivity index (χ1n) is 6.42. The first kappa shape index (κ1) is 14.6. The number of hydrogen-bond acceptors (Lipinski definition) is 5. The lowest BCUT2D eigenvalue weighted by atomic mass is 10.1. The van der Waals surface area contributed by atoms with Gasteiger partial charge >= 0.3 is 0 Å². The molecule has 0 aromatic heterocycles. The second-order valence-corrected chi connectivity index (χ2v) is 6.94. The second-order valence-electron chi connectivity index (χ2n) is 4.96. The maximum Gasteiger partial charge on any atom is 0.211 e.